The number of anilines is 1. The van der Waals surface area contributed by atoms with E-state index in [1.165, 1.54) is 6.92 Å². The summed E-state index contributed by atoms with van der Waals surface area (Å²) >= 11 is 6.26. The van der Waals surface area contributed by atoms with Gasteiger partial charge >= 0.3 is 6.18 Å². The maximum Gasteiger partial charge on any atom is 0.418 e. The normalized spacial score (nSPS) is 11.3. The van der Waals surface area contributed by atoms with Gasteiger partial charge in [0.05, 0.1) is 16.8 Å². The fourth-order valence-electron chi connectivity index (χ4n) is 1.44. The number of halogens is 4. The van der Waals surface area contributed by atoms with Crippen LogP contribution in [-0.4, -0.2) is 21.7 Å². The monoisotopic (exact) mass is 349 g/mol. The summed E-state index contributed by atoms with van der Waals surface area (Å²) in [6.07, 6.45) is -2.70. The lowest BCUT2D eigenvalue weighted by Gasteiger charge is -2.10. The summed E-state index contributed by atoms with van der Waals surface area (Å²) < 4.78 is 38.1. The van der Waals surface area contributed by atoms with E-state index in [9.17, 15) is 22.8 Å². The van der Waals surface area contributed by atoms with Crippen LogP contribution in [0.15, 0.2) is 18.5 Å². The van der Waals surface area contributed by atoms with Crippen molar-refractivity contribution in [1.29, 1.82) is 0 Å². The molecule has 2 rings (SSSR count). The van der Waals surface area contributed by atoms with Crippen LogP contribution in [0.25, 0.3) is 0 Å². The number of amides is 1. The van der Waals surface area contributed by atoms with E-state index >= 15 is 0 Å². The average Bonchev–Trinajstić information content (AvgIpc) is 2.89. The Labute approximate surface area is 131 Å². The third kappa shape index (κ3) is 3.60. The largest absolute Gasteiger partial charge is 0.418 e. The Morgan fingerprint density at radius 2 is 1.95 bits per heavy atom. The fourth-order valence-corrected chi connectivity index (χ4v) is 2.36. The number of rotatable bonds is 3. The summed E-state index contributed by atoms with van der Waals surface area (Å²) in [5, 5.41) is 1.76. The van der Waals surface area contributed by atoms with Crippen LogP contribution in [0.3, 0.4) is 0 Å². The van der Waals surface area contributed by atoms with Gasteiger partial charge in [-0.05, 0) is 6.07 Å². The van der Waals surface area contributed by atoms with Crippen LogP contribution in [0.1, 0.15) is 32.0 Å². The Morgan fingerprint density at radius 1 is 1.27 bits per heavy atom. The van der Waals surface area contributed by atoms with E-state index in [4.69, 9.17) is 11.6 Å². The van der Waals surface area contributed by atoms with Gasteiger partial charge < -0.3 is 5.32 Å². The van der Waals surface area contributed by atoms with Crippen molar-refractivity contribution < 1.29 is 22.8 Å². The standard InChI is InChI=1S/C12H7ClF3N3O2S/c1-5(20)11-18-4-8(22-11)10(21)19-9-2-6(12(14,15)16)7(13)3-17-9/h2-4H,1H3,(H,17,19,21). The van der Waals surface area contributed by atoms with Crippen molar-refractivity contribution in [3.8, 4) is 0 Å². The van der Waals surface area contributed by atoms with Gasteiger partial charge in [0.2, 0.25) is 0 Å². The maximum atomic E-state index is 12.7. The molecule has 0 unspecified atom stereocenters. The third-order valence-corrected chi connectivity index (χ3v) is 3.83. The Hall–Kier alpha value is -2.00. The van der Waals surface area contributed by atoms with Gasteiger partial charge in [-0.3, -0.25) is 9.59 Å². The lowest BCUT2D eigenvalue weighted by Crippen LogP contribution is -2.13. The molecule has 0 bridgehead atoms. The molecule has 2 heterocycles. The van der Waals surface area contributed by atoms with Crippen molar-refractivity contribution in [1.82, 2.24) is 9.97 Å². The predicted octanol–water partition coefficient (Wildman–Crippen LogP) is 3.67. The number of pyridine rings is 1. The van der Waals surface area contributed by atoms with Crippen molar-refractivity contribution in [2.24, 2.45) is 0 Å². The number of nitrogens with zero attached hydrogens (tertiary/aromatic N) is 2. The molecule has 0 radical (unpaired) electrons. The first-order valence-corrected chi connectivity index (χ1v) is 6.89. The van der Waals surface area contributed by atoms with Gasteiger partial charge in [-0.25, -0.2) is 9.97 Å². The minimum Gasteiger partial charge on any atom is -0.306 e. The highest BCUT2D eigenvalue weighted by atomic mass is 35.5. The average molecular weight is 350 g/mol. The van der Waals surface area contributed by atoms with Gasteiger partial charge in [0.1, 0.15) is 10.7 Å². The van der Waals surface area contributed by atoms with Gasteiger partial charge in [0.25, 0.3) is 5.91 Å². The van der Waals surface area contributed by atoms with Crippen LogP contribution in [0.4, 0.5) is 19.0 Å². The predicted molar refractivity (Wildman–Crippen MR) is 74.3 cm³/mol. The second-order valence-corrected chi connectivity index (χ2v) is 5.52. The van der Waals surface area contributed by atoms with E-state index in [0.29, 0.717) is 6.07 Å². The molecule has 1 N–H and O–H groups in total. The Balaban J connectivity index is 2.23. The van der Waals surface area contributed by atoms with Crippen LogP contribution < -0.4 is 5.32 Å². The number of carbonyl (C=O) groups is 2. The molecule has 10 heteroatoms. The van der Waals surface area contributed by atoms with Crippen LogP contribution in [0, 0.1) is 0 Å². The SMILES string of the molecule is CC(=O)c1ncc(C(=O)Nc2cc(C(F)(F)F)c(Cl)cn2)s1. The van der Waals surface area contributed by atoms with E-state index < -0.39 is 22.7 Å². The summed E-state index contributed by atoms with van der Waals surface area (Å²) in [7, 11) is 0. The third-order valence-electron chi connectivity index (χ3n) is 2.43. The highest BCUT2D eigenvalue weighted by Gasteiger charge is 2.34. The van der Waals surface area contributed by atoms with E-state index in [0.717, 1.165) is 23.7 Å². The molecule has 1 amide bonds. The van der Waals surface area contributed by atoms with Crippen molar-refractivity contribution in [3.05, 3.63) is 38.9 Å². The van der Waals surface area contributed by atoms with Crippen molar-refractivity contribution in [3.63, 3.8) is 0 Å². The number of hydrogen-bond donors (Lipinski definition) is 1. The molecule has 5 nitrogen and oxygen atoms in total. The second-order valence-electron chi connectivity index (χ2n) is 4.09. The van der Waals surface area contributed by atoms with Gasteiger partial charge in [-0.1, -0.05) is 11.6 Å². The number of carbonyl (C=O) groups excluding carboxylic acids is 2. The highest BCUT2D eigenvalue weighted by molar-refractivity contribution is 7.15. The summed E-state index contributed by atoms with van der Waals surface area (Å²) in [4.78, 5) is 30.4. The van der Waals surface area contributed by atoms with E-state index in [1.807, 2.05) is 0 Å². The second kappa shape index (κ2) is 6.01. The smallest absolute Gasteiger partial charge is 0.306 e. The topological polar surface area (TPSA) is 72.0 Å². The highest BCUT2D eigenvalue weighted by Crippen LogP contribution is 2.35. The molecule has 2 aromatic rings. The van der Waals surface area contributed by atoms with Gasteiger partial charge in [-0.2, -0.15) is 13.2 Å². The van der Waals surface area contributed by atoms with E-state index in [-0.39, 0.29) is 21.5 Å². The zero-order chi connectivity index (χ0) is 16.5. The first-order chi connectivity index (χ1) is 10.2. The molecule has 0 saturated carbocycles. The van der Waals surface area contributed by atoms with Gasteiger partial charge in [-0.15, -0.1) is 11.3 Å². The molecule has 22 heavy (non-hydrogen) atoms. The first kappa shape index (κ1) is 16.4. The zero-order valence-corrected chi connectivity index (χ0v) is 12.4. The summed E-state index contributed by atoms with van der Waals surface area (Å²) in [5.74, 6) is -1.33. The summed E-state index contributed by atoms with van der Waals surface area (Å²) in [6.45, 7) is 1.29. The molecule has 0 aliphatic rings. The minimum atomic E-state index is -4.66. The molecule has 0 saturated heterocycles. The number of Topliss-reactive ketones (excluding diaryl/α,β-unsaturated/α-hetero) is 1. The molecule has 2 aromatic heterocycles. The summed E-state index contributed by atoms with van der Waals surface area (Å²) in [5.41, 5.74) is -1.10. The van der Waals surface area contributed by atoms with Crippen LogP contribution in [0.5, 0.6) is 0 Å². The molecule has 0 atom stereocenters. The lowest BCUT2D eigenvalue weighted by atomic mass is 10.2. The molecule has 116 valence electrons. The molecular formula is C12H7ClF3N3O2S. The molecule has 0 spiro atoms. The van der Waals surface area contributed by atoms with Crippen molar-refractivity contribution in [2.75, 3.05) is 5.32 Å². The molecule has 0 aliphatic carbocycles. The van der Waals surface area contributed by atoms with Gasteiger partial charge in [0, 0.05) is 13.1 Å². The van der Waals surface area contributed by atoms with Gasteiger partial charge in [0.15, 0.2) is 10.8 Å². The van der Waals surface area contributed by atoms with Crippen LogP contribution >= 0.6 is 22.9 Å². The lowest BCUT2D eigenvalue weighted by molar-refractivity contribution is -0.137. The Kier molecular flexibility index (Phi) is 4.47. The quantitative estimate of drug-likeness (QED) is 0.858. The molecule has 0 fully saturated rings. The molecule has 0 aromatic carbocycles. The van der Waals surface area contributed by atoms with Crippen molar-refractivity contribution >= 4 is 40.4 Å². The molecular weight excluding hydrogens is 343 g/mol. The van der Waals surface area contributed by atoms with Crippen molar-refractivity contribution in [2.45, 2.75) is 13.1 Å². The number of aromatic nitrogens is 2. The minimum absolute atomic E-state index is 0.0792. The number of ketones is 1. The number of hydrogen-bond acceptors (Lipinski definition) is 5. The Morgan fingerprint density at radius 3 is 2.50 bits per heavy atom. The summed E-state index contributed by atoms with van der Waals surface area (Å²) in [6, 6.07) is 0.632. The van der Waals surface area contributed by atoms with E-state index in [2.05, 4.69) is 15.3 Å². The number of thiazole rings is 1. The van der Waals surface area contributed by atoms with E-state index in [1.54, 1.807) is 0 Å². The Bertz CT molecular complexity index is 745. The number of nitrogens with one attached hydrogen (secondary N) is 1. The van der Waals surface area contributed by atoms with Crippen LogP contribution in [0.2, 0.25) is 5.02 Å². The first-order valence-electron chi connectivity index (χ1n) is 5.69. The fraction of sp³-hybridized carbons (Fsp3) is 0.167. The zero-order valence-electron chi connectivity index (χ0n) is 10.9. The number of alkyl halides is 3. The maximum absolute atomic E-state index is 12.7. The van der Waals surface area contributed by atoms with Crippen LogP contribution in [-0.2, 0) is 6.18 Å². The molecule has 0 aliphatic heterocycles.